The Morgan fingerprint density at radius 2 is 1.92 bits per heavy atom. The number of nitrogens with one attached hydrogen (secondary N) is 1. The van der Waals surface area contributed by atoms with Crippen LogP contribution >= 0.6 is 15.9 Å². The summed E-state index contributed by atoms with van der Waals surface area (Å²) in [6.45, 7) is 7.50. The van der Waals surface area contributed by atoms with Gasteiger partial charge < -0.3 is 19.9 Å². The van der Waals surface area contributed by atoms with Gasteiger partial charge in [-0.05, 0) is 55.7 Å². The standard InChI is InChI=1S/C20H24BrNO4/c1-4-9-26-19-11-16(21)14(10-18(19)25-5-2)12-22-17-8-6-7-15(13(17)3)20(23)24/h6-8,10-11,22H,4-5,9,12H2,1-3H3,(H,23,24). The Kier molecular flexibility index (Phi) is 7.33. The molecule has 0 heterocycles. The zero-order valence-electron chi connectivity index (χ0n) is 15.3. The lowest BCUT2D eigenvalue weighted by atomic mass is 10.1. The molecule has 2 rings (SSSR count). The van der Waals surface area contributed by atoms with Gasteiger partial charge in [-0.1, -0.05) is 28.9 Å². The lowest BCUT2D eigenvalue weighted by molar-refractivity contribution is 0.0696. The summed E-state index contributed by atoms with van der Waals surface area (Å²) in [5, 5.41) is 12.6. The van der Waals surface area contributed by atoms with E-state index in [1.54, 1.807) is 19.1 Å². The van der Waals surface area contributed by atoms with Gasteiger partial charge in [0.15, 0.2) is 11.5 Å². The van der Waals surface area contributed by atoms with Crippen LogP contribution in [0.5, 0.6) is 11.5 Å². The number of benzene rings is 2. The van der Waals surface area contributed by atoms with Crippen molar-refractivity contribution in [2.75, 3.05) is 18.5 Å². The Morgan fingerprint density at radius 1 is 1.19 bits per heavy atom. The maximum absolute atomic E-state index is 11.3. The number of carbonyl (C=O) groups is 1. The van der Waals surface area contributed by atoms with Gasteiger partial charge in [0, 0.05) is 16.7 Å². The number of rotatable bonds is 9. The first-order valence-corrected chi connectivity index (χ1v) is 9.42. The zero-order chi connectivity index (χ0) is 19.1. The van der Waals surface area contributed by atoms with Crippen molar-refractivity contribution < 1.29 is 19.4 Å². The van der Waals surface area contributed by atoms with Crippen molar-refractivity contribution in [3.63, 3.8) is 0 Å². The number of aromatic carboxylic acids is 1. The molecule has 26 heavy (non-hydrogen) atoms. The molecule has 0 spiro atoms. The number of anilines is 1. The summed E-state index contributed by atoms with van der Waals surface area (Å²) in [4.78, 5) is 11.3. The van der Waals surface area contributed by atoms with Crippen LogP contribution in [-0.2, 0) is 6.54 Å². The van der Waals surface area contributed by atoms with Crippen LogP contribution in [0.4, 0.5) is 5.69 Å². The van der Waals surface area contributed by atoms with Crippen molar-refractivity contribution >= 4 is 27.6 Å². The number of hydrogen-bond donors (Lipinski definition) is 2. The Morgan fingerprint density at radius 3 is 2.58 bits per heavy atom. The molecule has 0 saturated heterocycles. The Balaban J connectivity index is 2.23. The van der Waals surface area contributed by atoms with E-state index in [9.17, 15) is 9.90 Å². The Bertz CT molecular complexity index is 777. The van der Waals surface area contributed by atoms with Crippen molar-refractivity contribution in [1.82, 2.24) is 0 Å². The first-order valence-electron chi connectivity index (χ1n) is 8.62. The van der Waals surface area contributed by atoms with Gasteiger partial charge in [-0.25, -0.2) is 4.79 Å². The fourth-order valence-electron chi connectivity index (χ4n) is 2.56. The Hall–Kier alpha value is -2.21. The van der Waals surface area contributed by atoms with E-state index in [1.807, 2.05) is 25.1 Å². The average molecular weight is 422 g/mol. The van der Waals surface area contributed by atoms with Crippen LogP contribution in [0.25, 0.3) is 0 Å². The van der Waals surface area contributed by atoms with Crippen molar-refractivity contribution in [3.05, 3.63) is 51.5 Å². The molecular weight excluding hydrogens is 398 g/mol. The van der Waals surface area contributed by atoms with E-state index in [4.69, 9.17) is 9.47 Å². The summed E-state index contributed by atoms with van der Waals surface area (Å²) in [6, 6.07) is 9.07. The highest BCUT2D eigenvalue weighted by Gasteiger charge is 2.13. The zero-order valence-corrected chi connectivity index (χ0v) is 16.9. The molecule has 0 bridgehead atoms. The second-order valence-electron chi connectivity index (χ2n) is 5.81. The molecule has 2 aromatic rings. The number of hydrogen-bond acceptors (Lipinski definition) is 4. The molecule has 6 heteroatoms. The van der Waals surface area contributed by atoms with Crippen molar-refractivity contribution in [3.8, 4) is 11.5 Å². The summed E-state index contributed by atoms with van der Waals surface area (Å²) < 4.78 is 12.4. The van der Waals surface area contributed by atoms with E-state index in [-0.39, 0.29) is 0 Å². The SMILES string of the molecule is CCCOc1cc(Br)c(CNc2cccc(C(=O)O)c2C)cc1OCC. The Labute approximate surface area is 162 Å². The van der Waals surface area contributed by atoms with Crippen LogP contribution in [-0.4, -0.2) is 24.3 Å². The van der Waals surface area contributed by atoms with Gasteiger partial charge in [-0.15, -0.1) is 0 Å². The highest BCUT2D eigenvalue weighted by molar-refractivity contribution is 9.10. The molecule has 0 radical (unpaired) electrons. The minimum atomic E-state index is -0.927. The van der Waals surface area contributed by atoms with Crippen LogP contribution in [0.2, 0.25) is 0 Å². The summed E-state index contributed by atoms with van der Waals surface area (Å²) in [5.74, 6) is 0.494. The molecule has 0 aliphatic heterocycles. The average Bonchev–Trinajstić information content (AvgIpc) is 2.61. The van der Waals surface area contributed by atoms with Gasteiger partial charge in [-0.2, -0.15) is 0 Å². The third-order valence-electron chi connectivity index (χ3n) is 3.91. The normalized spacial score (nSPS) is 10.5. The lowest BCUT2D eigenvalue weighted by Crippen LogP contribution is -2.07. The van der Waals surface area contributed by atoms with Crippen molar-refractivity contribution in [2.24, 2.45) is 0 Å². The molecule has 2 aromatic carbocycles. The molecule has 0 aliphatic carbocycles. The van der Waals surface area contributed by atoms with Crippen LogP contribution in [0, 0.1) is 6.92 Å². The van der Waals surface area contributed by atoms with Gasteiger partial charge in [0.05, 0.1) is 18.8 Å². The highest BCUT2D eigenvalue weighted by Crippen LogP contribution is 2.34. The molecular formula is C20H24BrNO4. The van der Waals surface area contributed by atoms with Crippen LogP contribution in [0.3, 0.4) is 0 Å². The topological polar surface area (TPSA) is 67.8 Å². The van der Waals surface area contributed by atoms with Crippen LogP contribution in [0.15, 0.2) is 34.8 Å². The quantitative estimate of drug-likeness (QED) is 0.578. The first kappa shape index (κ1) is 20.1. The van der Waals surface area contributed by atoms with E-state index in [2.05, 4.69) is 28.2 Å². The number of carboxylic acid groups (broad SMARTS) is 1. The maximum atomic E-state index is 11.3. The molecule has 0 fully saturated rings. The van der Waals surface area contributed by atoms with Gasteiger partial charge in [0.1, 0.15) is 0 Å². The summed E-state index contributed by atoms with van der Waals surface area (Å²) in [5.41, 5.74) is 2.80. The largest absolute Gasteiger partial charge is 0.490 e. The van der Waals surface area contributed by atoms with E-state index >= 15 is 0 Å². The predicted molar refractivity (Wildman–Crippen MR) is 107 cm³/mol. The van der Waals surface area contributed by atoms with Crippen molar-refractivity contribution in [1.29, 1.82) is 0 Å². The molecule has 0 aliphatic rings. The fraction of sp³-hybridized carbons (Fsp3) is 0.350. The summed E-state index contributed by atoms with van der Waals surface area (Å²) >= 11 is 3.58. The molecule has 0 unspecified atom stereocenters. The molecule has 140 valence electrons. The number of halogens is 1. The van der Waals surface area contributed by atoms with Crippen LogP contribution < -0.4 is 14.8 Å². The first-order chi connectivity index (χ1) is 12.5. The molecule has 0 aromatic heterocycles. The highest BCUT2D eigenvalue weighted by atomic mass is 79.9. The molecule has 2 N–H and O–H groups in total. The predicted octanol–water partition coefficient (Wildman–Crippen LogP) is 5.26. The fourth-order valence-corrected chi connectivity index (χ4v) is 3.02. The third-order valence-corrected chi connectivity index (χ3v) is 4.65. The second kappa shape index (κ2) is 9.48. The second-order valence-corrected chi connectivity index (χ2v) is 6.66. The maximum Gasteiger partial charge on any atom is 0.336 e. The number of carboxylic acids is 1. The molecule has 0 saturated carbocycles. The minimum Gasteiger partial charge on any atom is -0.490 e. The lowest BCUT2D eigenvalue weighted by Gasteiger charge is -2.16. The molecule has 5 nitrogen and oxygen atoms in total. The smallest absolute Gasteiger partial charge is 0.336 e. The summed E-state index contributed by atoms with van der Waals surface area (Å²) in [7, 11) is 0. The molecule has 0 atom stereocenters. The van der Waals surface area contributed by atoms with E-state index in [1.165, 1.54) is 0 Å². The van der Waals surface area contributed by atoms with Gasteiger partial charge in [0.25, 0.3) is 0 Å². The van der Waals surface area contributed by atoms with Crippen molar-refractivity contribution in [2.45, 2.75) is 33.7 Å². The monoisotopic (exact) mass is 421 g/mol. The van der Waals surface area contributed by atoms with E-state index < -0.39 is 5.97 Å². The molecule has 0 amide bonds. The van der Waals surface area contributed by atoms with Gasteiger partial charge in [0.2, 0.25) is 0 Å². The number of ether oxygens (including phenoxy) is 2. The summed E-state index contributed by atoms with van der Waals surface area (Å²) in [6.07, 6.45) is 0.922. The van der Waals surface area contributed by atoms with E-state index in [0.29, 0.717) is 42.4 Å². The third kappa shape index (κ3) is 4.91. The van der Waals surface area contributed by atoms with Gasteiger partial charge >= 0.3 is 5.97 Å². The van der Waals surface area contributed by atoms with E-state index in [0.717, 1.165) is 22.1 Å². The van der Waals surface area contributed by atoms with Crippen LogP contribution in [0.1, 0.15) is 41.8 Å². The van der Waals surface area contributed by atoms with Gasteiger partial charge in [-0.3, -0.25) is 0 Å². The minimum absolute atomic E-state index is 0.299.